The van der Waals surface area contributed by atoms with Crippen LogP contribution >= 0.6 is 0 Å². The van der Waals surface area contributed by atoms with Gasteiger partial charge >= 0.3 is 0 Å². The summed E-state index contributed by atoms with van der Waals surface area (Å²) in [6, 6.07) is 6.71. The molecule has 0 aliphatic heterocycles. The van der Waals surface area contributed by atoms with E-state index in [9.17, 15) is 4.79 Å². The fraction of sp³-hybridized carbons (Fsp3) is 0. The second kappa shape index (κ2) is 4.48. The number of amides is 1. The molecule has 1 aromatic carbocycles. The van der Waals surface area contributed by atoms with Gasteiger partial charge in [-0.1, -0.05) is 0 Å². The van der Waals surface area contributed by atoms with Crippen LogP contribution in [0.1, 0.15) is 10.4 Å². The maximum absolute atomic E-state index is 10.9. The molecule has 1 aromatic heterocycles. The van der Waals surface area contributed by atoms with Crippen molar-refractivity contribution < 1.29 is 4.79 Å². The molecule has 6 heteroatoms. The molecule has 5 N–H and O–H groups in total. The number of carbonyl (C=O) groups is 1. The third-order valence-corrected chi connectivity index (χ3v) is 2.10. The fourth-order valence-corrected chi connectivity index (χ4v) is 1.31. The van der Waals surface area contributed by atoms with Crippen molar-refractivity contribution in [1.82, 2.24) is 9.97 Å². The molecule has 0 spiro atoms. The van der Waals surface area contributed by atoms with E-state index in [1.807, 2.05) is 0 Å². The van der Waals surface area contributed by atoms with Crippen LogP contribution in [0.5, 0.6) is 0 Å². The van der Waals surface area contributed by atoms with Gasteiger partial charge in [0.05, 0.1) is 12.4 Å². The normalized spacial score (nSPS) is 9.88. The van der Waals surface area contributed by atoms with Gasteiger partial charge < -0.3 is 16.8 Å². The van der Waals surface area contributed by atoms with E-state index in [2.05, 4.69) is 15.3 Å². The van der Waals surface area contributed by atoms with Crippen molar-refractivity contribution in [2.24, 2.45) is 5.73 Å². The van der Waals surface area contributed by atoms with Crippen molar-refractivity contribution in [3.8, 4) is 0 Å². The molecule has 2 rings (SSSR count). The second-order valence-corrected chi connectivity index (χ2v) is 3.40. The van der Waals surface area contributed by atoms with Crippen molar-refractivity contribution in [1.29, 1.82) is 0 Å². The molecule has 0 radical (unpaired) electrons. The first-order valence-electron chi connectivity index (χ1n) is 4.89. The highest BCUT2D eigenvalue weighted by atomic mass is 16.1. The van der Waals surface area contributed by atoms with E-state index in [-0.39, 0.29) is 0 Å². The number of nitrogens with one attached hydrogen (secondary N) is 1. The van der Waals surface area contributed by atoms with Crippen LogP contribution in [0.4, 0.5) is 17.3 Å². The van der Waals surface area contributed by atoms with E-state index in [1.54, 1.807) is 30.5 Å². The molecule has 0 saturated carbocycles. The minimum Gasteiger partial charge on any atom is -0.382 e. The number of carbonyl (C=O) groups excluding carboxylic acids is 1. The number of aromatic nitrogens is 2. The summed E-state index contributed by atoms with van der Waals surface area (Å²) in [4.78, 5) is 18.8. The predicted octanol–water partition coefficient (Wildman–Crippen LogP) is 0.901. The van der Waals surface area contributed by atoms with E-state index >= 15 is 0 Å². The van der Waals surface area contributed by atoms with Gasteiger partial charge in [-0.3, -0.25) is 9.78 Å². The molecule has 0 unspecified atom stereocenters. The first-order chi connectivity index (χ1) is 8.15. The second-order valence-electron chi connectivity index (χ2n) is 3.40. The van der Waals surface area contributed by atoms with Crippen LogP contribution in [-0.4, -0.2) is 15.9 Å². The Balaban J connectivity index is 2.16. The summed E-state index contributed by atoms with van der Waals surface area (Å²) >= 11 is 0. The van der Waals surface area contributed by atoms with Gasteiger partial charge in [0.1, 0.15) is 5.82 Å². The Bertz CT molecular complexity index is 538. The highest BCUT2D eigenvalue weighted by Crippen LogP contribution is 2.14. The Morgan fingerprint density at radius 3 is 2.47 bits per heavy atom. The third kappa shape index (κ3) is 2.69. The van der Waals surface area contributed by atoms with Gasteiger partial charge in [0.15, 0.2) is 5.82 Å². The van der Waals surface area contributed by atoms with E-state index in [0.717, 1.165) is 5.69 Å². The Morgan fingerprint density at radius 1 is 1.18 bits per heavy atom. The standard InChI is InChI=1S/C11H11N5O/c12-9-5-14-6-10(16-9)15-8-3-1-7(2-4-8)11(13)17/h1-6H,(H2,13,17)(H3,12,15,16). The van der Waals surface area contributed by atoms with Crippen LogP contribution < -0.4 is 16.8 Å². The number of primary amides is 1. The molecule has 2 aromatic rings. The van der Waals surface area contributed by atoms with Crippen molar-refractivity contribution in [3.63, 3.8) is 0 Å². The largest absolute Gasteiger partial charge is 0.382 e. The number of hydrogen-bond acceptors (Lipinski definition) is 5. The molecule has 1 amide bonds. The van der Waals surface area contributed by atoms with Crippen LogP contribution in [0, 0.1) is 0 Å². The van der Waals surface area contributed by atoms with Gasteiger partial charge in [-0.25, -0.2) is 4.98 Å². The molecule has 6 nitrogen and oxygen atoms in total. The zero-order valence-electron chi connectivity index (χ0n) is 8.92. The monoisotopic (exact) mass is 229 g/mol. The van der Waals surface area contributed by atoms with Gasteiger partial charge in [0.2, 0.25) is 5.91 Å². The van der Waals surface area contributed by atoms with E-state index in [1.165, 1.54) is 6.20 Å². The molecule has 0 aliphatic rings. The summed E-state index contributed by atoms with van der Waals surface area (Å²) in [5.74, 6) is 0.417. The summed E-state index contributed by atoms with van der Waals surface area (Å²) in [5, 5.41) is 3.01. The molecule has 0 saturated heterocycles. The molecule has 17 heavy (non-hydrogen) atoms. The first-order valence-corrected chi connectivity index (χ1v) is 4.89. The average Bonchev–Trinajstić information content (AvgIpc) is 2.29. The van der Waals surface area contributed by atoms with E-state index in [4.69, 9.17) is 11.5 Å². The van der Waals surface area contributed by atoms with Gasteiger partial charge in [-0.05, 0) is 24.3 Å². The van der Waals surface area contributed by atoms with Crippen molar-refractivity contribution in [2.45, 2.75) is 0 Å². The van der Waals surface area contributed by atoms with Crippen LogP contribution in [0.25, 0.3) is 0 Å². The van der Waals surface area contributed by atoms with Gasteiger partial charge in [-0.15, -0.1) is 0 Å². The fourth-order valence-electron chi connectivity index (χ4n) is 1.31. The SMILES string of the molecule is NC(=O)c1ccc(Nc2cncc(N)n2)cc1. The van der Waals surface area contributed by atoms with Crippen molar-refractivity contribution in [3.05, 3.63) is 42.2 Å². The number of nitrogens with two attached hydrogens (primary N) is 2. The maximum Gasteiger partial charge on any atom is 0.248 e. The average molecular weight is 229 g/mol. The Morgan fingerprint density at radius 2 is 1.88 bits per heavy atom. The topological polar surface area (TPSA) is 107 Å². The number of rotatable bonds is 3. The molecule has 0 aliphatic carbocycles. The van der Waals surface area contributed by atoms with Gasteiger partial charge in [0, 0.05) is 11.3 Å². The van der Waals surface area contributed by atoms with Crippen LogP contribution in [0.15, 0.2) is 36.7 Å². The summed E-state index contributed by atoms with van der Waals surface area (Å²) in [5.41, 5.74) is 11.9. The maximum atomic E-state index is 10.9. The quantitative estimate of drug-likeness (QED) is 0.724. The molecule has 0 fully saturated rings. The predicted molar refractivity (Wildman–Crippen MR) is 64.7 cm³/mol. The number of benzene rings is 1. The van der Waals surface area contributed by atoms with Crippen molar-refractivity contribution >= 4 is 23.2 Å². The Hall–Kier alpha value is -2.63. The molecular weight excluding hydrogens is 218 g/mol. The molecule has 86 valence electrons. The summed E-state index contributed by atoms with van der Waals surface area (Å²) in [6.45, 7) is 0. The van der Waals surface area contributed by atoms with Gasteiger partial charge in [-0.2, -0.15) is 0 Å². The third-order valence-electron chi connectivity index (χ3n) is 2.10. The zero-order valence-corrected chi connectivity index (χ0v) is 8.92. The van der Waals surface area contributed by atoms with Crippen LogP contribution in [-0.2, 0) is 0 Å². The number of nitrogen functional groups attached to an aromatic ring is 1. The zero-order chi connectivity index (χ0) is 12.3. The number of anilines is 3. The number of hydrogen-bond donors (Lipinski definition) is 3. The highest BCUT2D eigenvalue weighted by Gasteiger charge is 2.01. The van der Waals surface area contributed by atoms with E-state index in [0.29, 0.717) is 17.2 Å². The van der Waals surface area contributed by atoms with Crippen LogP contribution in [0.2, 0.25) is 0 Å². The highest BCUT2D eigenvalue weighted by molar-refractivity contribution is 5.93. The number of nitrogens with zero attached hydrogens (tertiary/aromatic N) is 2. The first kappa shape index (κ1) is 10.9. The summed E-state index contributed by atoms with van der Waals surface area (Å²) < 4.78 is 0. The Kier molecular flexibility index (Phi) is 2.87. The smallest absolute Gasteiger partial charge is 0.248 e. The molecule has 0 bridgehead atoms. The lowest BCUT2D eigenvalue weighted by Gasteiger charge is -2.05. The lowest BCUT2D eigenvalue weighted by Crippen LogP contribution is -2.10. The lowest BCUT2D eigenvalue weighted by atomic mass is 10.2. The van der Waals surface area contributed by atoms with E-state index < -0.39 is 5.91 Å². The molecule has 0 atom stereocenters. The lowest BCUT2D eigenvalue weighted by molar-refractivity contribution is 0.100. The van der Waals surface area contributed by atoms with Crippen molar-refractivity contribution in [2.75, 3.05) is 11.1 Å². The molecular formula is C11H11N5O. The summed E-state index contributed by atoms with van der Waals surface area (Å²) in [6.07, 6.45) is 3.01. The van der Waals surface area contributed by atoms with Crippen LogP contribution in [0.3, 0.4) is 0 Å². The molecule has 1 heterocycles. The summed E-state index contributed by atoms with van der Waals surface area (Å²) in [7, 11) is 0. The van der Waals surface area contributed by atoms with Gasteiger partial charge in [0.25, 0.3) is 0 Å². The Labute approximate surface area is 97.7 Å². The minimum atomic E-state index is -0.458. The minimum absolute atomic E-state index is 0.337.